The molecule has 0 aromatic heterocycles. The summed E-state index contributed by atoms with van der Waals surface area (Å²) >= 11 is 5.59. The molecule has 2 heterocycles. The van der Waals surface area contributed by atoms with Gasteiger partial charge in [0.05, 0.1) is 5.69 Å². The maximum Gasteiger partial charge on any atom is 0.235 e. The molecule has 3 nitrogen and oxygen atoms in total. The Hall–Kier alpha value is -1.42. The average Bonchev–Trinajstić information content (AvgIpc) is 2.43. The zero-order valence-electron chi connectivity index (χ0n) is 12.1. The monoisotopic (exact) mass is 288 g/mol. The van der Waals surface area contributed by atoms with Gasteiger partial charge < -0.3 is 4.90 Å². The lowest BCUT2D eigenvalue weighted by Gasteiger charge is -2.45. The molecular formula is C16H20N2OS. The van der Waals surface area contributed by atoms with Crippen molar-refractivity contribution < 1.29 is 4.79 Å². The fourth-order valence-corrected chi connectivity index (χ4v) is 3.56. The summed E-state index contributed by atoms with van der Waals surface area (Å²) in [5.41, 5.74) is 3.34. The molecule has 0 aliphatic carbocycles. The van der Waals surface area contributed by atoms with E-state index in [1.807, 2.05) is 6.07 Å². The molecule has 3 rings (SSSR count). The number of amides is 1. The number of thiocarbonyl (C=S) groups is 1. The molecule has 2 fully saturated rings. The quantitative estimate of drug-likeness (QED) is 0.742. The Labute approximate surface area is 125 Å². The normalized spacial score (nSPS) is 23.0. The number of nitrogens with zero attached hydrogens (tertiary/aromatic N) is 2. The first-order valence-electron chi connectivity index (χ1n) is 7.29. The first-order valence-corrected chi connectivity index (χ1v) is 7.69. The number of aryl methyl sites for hydroxylation is 2. The van der Waals surface area contributed by atoms with Crippen molar-refractivity contribution in [1.29, 1.82) is 0 Å². The highest BCUT2D eigenvalue weighted by Crippen LogP contribution is 2.30. The van der Waals surface area contributed by atoms with Crippen molar-refractivity contribution in [3.63, 3.8) is 0 Å². The summed E-state index contributed by atoms with van der Waals surface area (Å²) < 4.78 is 0. The van der Waals surface area contributed by atoms with Crippen LogP contribution in [0.3, 0.4) is 0 Å². The van der Waals surface area contributed by atoms with Crippen molar-refractivity contribution in [1.82, 2.24) is 4.90 Å². The number of hydrogen-bond donors (Lipinski definition) is 0. The minimum Gasteiger partial charge on any atom is -0.345 e. The average molecular weight is 288 g/mol. The second-order valence-electron chi connectivity index (χ2n) is 5.83. The number of carbonyl (C=O) groups is 1. The molecule has 2 aliphatic heterocycles. The summed E-state index contributed by atoms with van der Waals surface area (Å²) in [6.07, 6.45) is 4.06. The van der Waals surface area contributed by atoms with Gasteiger partial charge in [0, 0.05) is 19.0 Å². The maximum atomic E-state index is 12.5. The molecule has 0 saturated carbocycles. The first kappa shape index (κ1) is 13.6. The van der Waals surface area contributed by atoms with Gasteiger partial charge in [0.25, 0.3) is 0 Å². The van der Waals surface area contributed by atoms with Gasteiger partial charge in [-0.2, -0.15) is 0 Å². The van der Waals surface area contributed by atoms with Crippen molar-refractivity contribution in [3.8, 4) is 0 Å². The highest BCUT2D eigenvalue weighted by atomic mass is 32.1. The van der Waals surface area contributed by atoms with Crippen LogP contribution < -0.4 is 4.90 Å². The standard InChI is InChI=1S/C16H20N2OS/c1-11-6-7-14(9-12(11)2)18-15(19)10-13-5-3-4-8-17(13)16(18)20/h6-7,9,13H,3-5,8,10H2,1-2H3. The van der Waals surface area contributed by atoms with Gasteiger partial charge in [0.2, 0.25) is 5.91 Å². The van der Waals surface area contributed by atoms with Crippen LogP contribution in [0.15, 0.2) is 18.2 Å². The number of piperidine rings is 1. The Morgan fingerprint density at radius 1 is 1.20 bits per heavy atom. The Bertz CT molecular complexity index is 570. The minimum atomic E-state index is 0.140. The van der Waals surface area contributed by atoms with E-state index in [4.69, 9.17) is 12.2 Å². The van der Waals surface area contributed by atoms with Gasteiger partial charge in [-0.3, -0.25) is 9.69 Å². The highest BCUT2D eigenvalue weighted by Gasteiger charge is 2.37. The van der Waals surface area contributed by atoms with Crippen LogP contribution in [0, 0.1) is 13.8 Å². The Morgan fingerprint density at radius 3 is 2.75 bits per heavy atom. The number of benzene rings is 1. The van der Waals surface area contributed by atoms with E-state index in [1.165, 1.54) is 24.0 Å². The summed E-state index contributed by atoms with van der Waals surface area (Å²) in [5.74, 6) is 0.140. The predicted molar refractivity (Wildman–Crippen MR) is 85.0 cm³/mol. The molecule has 0 radical (unpaired) electrons. The molecule has 0 bridgehead atoms. The molecule has 4 heteroatoms. The summed E-state index contributed by atoms with van der Waals surface area (Å²) in [7, 11) is 0. The van der Waals surface area contributed by atoms with Gasteiger partial charge in [-0.25, -0.2) is 0 Å². The van der Waals surface area contributed by atoms with Gasteiger partial charge in [-0.15, -0.1) is 0 Å². The van der Waals surface area contributed by atoms with Gasteiger partial charge in [0.1, 0.15) is 0 Å². The Balaban J connectivity index is 1.93. The van der Waals surface area contributed by atoms with Gasteiger partial charge in [-0.1, -0.05) is 6.07 Å². The van der Waals surface area contributed by atoms with Crippen LogP contribution in [-0.2, 0) is 4.79 Å². The largest absolute Gasteiger partial charge is 0.345 e. The van der Waals surface area contributed by atoms with E-state index in [0.29, 0.717) is 17.6 Å². The molecule has 2 saturated heterocycles. The minimum absolute atomic E-state index is 0.140. The summed E-state index contributed by atoms with van der Waals surface area (Å²) in [5, 5.41) is 0.689. The topological polar surface area (TPSA) is 23.6 Å². The predicted octanol–water partition coefficient (Wildman–Crippen LogP) is 3.18. The summed E-state index contributed by atoms with van der Waals surface area (Å²) in [6.45, 7) is 5.13. The summed E-state index contributed by atoms with van der Waals surface area (Å²) in [6, 6.07) is 6.44. The van der Waals surface area contributed by atoms with Crippen LogP contribution in [-0.4, -0.2) is 28.5 Å². The van der Waals surface area contributed by atoms with Crippen molar-refractivity contribution in [3.05, 3.63) is 29.3 Å². The van der Waals surface area contributed by atoms with E-state index >= 15 is 0 Å². The molecule has 1 atom stereocenters. The zero-order valence-corrected chi connectivity index (χ0v) is 12.9. The van der Waals surface area contributed by atoms with E-state index in [1.54, 1.807) is 4.90 Å². The lowest BCUT2D eigenvalue weighted by Crippen LogP contribution is -2.58. The zero-order chi connectivity index (χ0) is 14.3. The maximum absolute atomic E-state index is 12.5. The number of rotatable bonds is 1. The third-order valence-corrected chi connectivity index (χ3v) is 4.89. The van der Waals surface area contributed by atoms with Crippen LogP contribution in [0.25, 0.3) is 0 Å². The van der Waals surface area contributed by atoms with Crippen molar-refractivity contribution >= 4 is 28.9 Å². The smallest absolute Gasteiger partial charge is 0.235 e. The second-order valence-corrected chi connectivity index (χ2v) is 6.19. The van der Waals surface area contributed by atoms with Crippen molar-refractivity contribution in [2.24, 2.45) is 0 Å². The highest BCUT2D eigenvalue weighted by molar-refractivity contribution is 7.80. The van der Waals surface area contributed by atoms with Gasteiger partial charge in [-0.05, 0) is 68.6 Å². The molecule has 2 aliphatic rings. The lowest BCUT2D eigenvalue weighted by atomic mass is 9.97. The van der Waals surface area contributed by atoms with E-state index in [2.05, 4.69) is 30.9 Å². The lowest BCUT2D eigenvalue weighted by molar-refractivity contribution is -0.120. The first-order chi connectivity index (χ1) is 9.58. The molecule has 0 spiro atoms. The van der Waals surface area contributed by atoms with E-state index < -0.39 is 0 Å². The van der Waals surface area contributed by atoms with Crippen LogP contribution in [0.4, 0.5) is 5.69 Å². The Kier molecular flexibility index (Phi) is 3.50. The van der Waals surface area contributed by atoms with E-state index in [0.717, 1.165) is 18.7 Å². The third-order valence-electron chi connectivity index (χ3n) is 4.47. The van der Waals surface area contributed by atoms with Crippen molar-refractivity contribution in [2.75, 3.05) is 11.4 Å². The van der Waals surface area contributed by atoms with Crippen molar-refractivity contribution in [2.45, 2.75) is 45.6 Å². The van der Waals surface area contributed by atoms with Crippen LogP contribution >= 0.6 is 12.2 Å². The van der Waals surface area contributed by atoms with Crippen LogP contribution in [0.1, 0.15) is 36.8 Å². The number of hydrogen-bond acceptors (Lipinski definition) is 2. The molecule has 0 N–H and O–H groups in total. The van der Waals surface area contributed by atoms with Gasteiger partial charge >= 0.3 is 0 Å². The number of fused-ring (bicyclic) bond motifs is 1. The second kappa shape index (κ2) is 5.17. The van der Waals surface area contributed by atoms with Crippen LogP contribution in [0.5, 0.6) is 0 Å². The number of anilines is 1. The molecule has 1 aromatic rings. The van der Waals surface area contributed by atoms with Crippen LogP contribution in [0.2, 0.25) is 0 Å². The Morgan fingerprint density at radius 2 is 2.00 bits per heavy atom. The third kappa shape index (κ3) is 2.22. The van der Waals surface area contributed by atoms with E-state index in [9.17, 15) is 4.79 Å². The number of carbonyl (C=O) groups excluding carboxylic acids is 1. The molecular weight excluding hydrogens is 268 g/mol. The van der Waals surface area contributed by atoms with Gasteiger partial charge in [0.15, 0.2) is 5.11 Å². The SMILES string of the molecule is Cc1ccc(N2C(=O)CC3CCCCN3C2=S)cc1C. The molecule has 1 amide bonds. The fraction of sp³-hybridized carbons (Fsp3) is 0.500. The molecule has 1 aromatic carbocycles. The molecule has 1 unspecified atom stereocenters. The molecule has 20 heavy (non-hydrogen) atoms. The van der Waals surface area contributed by atoms with E-state index in [-0.39, 0.29) is 5.91 Å². The molecule has 106 valence electrons. The summed E-state index contributed by atoms with van der Waals surface area (Å²) in [4.78, 5) is 16.4. The fourth-order valence-electron chi connectivity index (χ4n) is 3.11.